The zero-order valence-corrected chi connectivity index (χ0v) is 20.9. The van der Waals surface area contributed by atoms with E-state index in [1.807, 2.05) is 36.4 Å². The summed E-state index contributed by atoms with van der Waals surface area (Å²) in [6, 6.07) is 23.1. The van der Waals surface area contributed by atoms with Crippen molar-refractivity contribution in [3.63, 3.8) is 0 Å². The molecule has 1 atom stereocenters. The minimum absolute atomic E-state index is 0.0592. The van der Waals surface area contributed by atoms with E-state index >= 15 is 0 Å². The molecule has 0 spiro atoms. The lowest BCUT2D eigenvalue weighted by atomic mass is 10.0. The molecule has 0 bridgehead atoms. The van der Waals surface area contributed by atoms with Gasteiger partial charge in [-0.2, -0.15) is 0 Å². The molecule has 1 aliphatic heterocycles. The fourth-order valence-electron chi connectivity index (χ4n) is 4.90. The second-order valence-electron chi connectivity index (χ2n) is 9.22. The maximum absolute atomic E-state index is 13.9. The molecule has 0 aliphatic carbocycles. The topological polar surface area (TPSA) is 80.5 Å². The minimum Gasteiger partial charge on any atom is -0.348 e. The summed E-state index contributed by atoms with van der Waals surface area (Å²) in [7, 11) is -3.27. The fourth-order valence-corrected chi connectivity index (χ4v) is 5.53. The van der Waals surface area contributed by atoms with Crippen LogP contribution in [0.15, 0.2) is 90.0 Å². The van der Waals surface area contributed by atoms with E-state index in [1.165, 1.54) is 12.3 Å². The number of nitrogens with zero attached hydrogens (tertiary/aromatic N) is 5. The van der Waals surface area contributed by atoms with Crippen LogP contribution in [-0.4, -0.2) is 40.8 Å². The lowest BCUT2D eigenvalue weighted by Gasteiger charge is -2.26. The van der Waals surface area contributed by atoms with E-state index in [1.54, 1.807) is 47.1 Å². The summed E-state index contributed by atoms with van der Waals surface area (Å²) >= 11 is 0. The van der Waals surface area contributed by atoms with Crippen LogP contribution in [0.3, 0.4) is 0 Å². The van der Waals surface area contributed by atoms with Crippen molar-refractivity contribution in [1.29, 1.82) is 0 Å². The maximum atomic E-state index is 13.9. The molecule has 3 aromatic heterocycles. The third-order valence-corrected chi connectivity index (χ3v) is 7.85. The quantitative estimate of drug-likeness (QED) is 0.316. The van der Waals surface area contributed by atoms with Gasteiger partial charge in [-0.25, -0.2) is 27.3 Å². The monoisotopic (exact) mass is 513 g/mol. The molecule has 0 saturated carbocycles. The van der Waals surface area contributed by atoms with Gasteiger partial charge in [0.15, 0.2) is 15.5 Å². The van der Waals surface area contributed by atoms with Crippen LogP contribution in [0.25, 0.3) is 28.3 Å². The molecule has 2 aromatic carbocycles. The average Bonchev–Trinajstić information content (AvgIpc) is 3.56. The molecule has 9 heteroatoms. The number of benzene rings is 2. The van der Waals surface area contributed by atoms with E-state index in [2.05, 4.69) is 9.88 Å². The molecule has 0 amide bonds. The van der Waals surface area contributed by atoms with Gasteiger partial charge in [-0.05, 0) is 66.9 Å². The lowest BCUT2D eigenvalue weighted by molar-refractivity contribution is 0.602. The highest BCUT2D eigenvalue weighted by Gasteiger charge is 2.28. The van der Waals surface area contributed by atoms with Crippen molar-refractivity contribution in [3.05, 3.63) is 96.4 Å². The normalized spacial score (nSPS) is 15.9. The van der Waals surface area contributed by atoms with Crippen molar-refractivity contribution in [1.82, 2.24) is 19.6 Å². The Kier molecular flexibility index (Phi) is 5.72. The summed E-state index contributed by atoms with van der Waals surface area (Å²) in [6.07, 6.45) is 4.87. The predicted octanol–water partition coefficient (Wildman–Crippen LogP) is 5.34. The molecular weight excluding hydrogens is 489 g/mol. The molecule has 5 aromatic rings. The highest BCUT2D eigenvalue weighted by atomic mass is 32.2. The number of anilines is 1. The fraction of sp³-hybridized carbons (Fsp3) is 0.179. The Labute approximate surface area is 214 Å². The van der Waals surface area contributed by atoms with Crippen molar-refractivity contribution < 1.29 is 12.8 Å². The zero-order chi connectivity index (χ0) is 25.6. The van der Waals surface area contributed by atoms with Crippen molar-refractivity contribution in [2.45, 2.75) is 23.8 Å². The van der Waals surface area contributed by atoms with Gasteiger partial charge in [0, 0.05) is 18.4 Å². The third-order valence-electron chi connectivity index (χ3n) is 6.72. The first-order chi connectivity index (χ1) is 17.9. The number of sulfone groups is 1. The number of rotatable bonds is 5. The van der Waals surface area contributed by atoms with E-state index in [9.17, 15) is 12.8 Å². The molecule has 1 fully saturated rings. The van der Waals surface area contributed by atoms with Crippen molar-refractivity contribution in [3.8, 4) is 22.6 Å². The van der Waals surface area contributed by atoms with Crippen LogP contribution in [-0.2, 0) is 9.84 Å². The number of imidazole rings is 1. The molecule has 37 heavy (non-hydrogen) atoms. The van der Waals surface area contributed by atoms with Gasteiger partial charge >= 0.3 is 0 Å². The highest BCUT2D eigenvalue weighted by molar-refractivity contribution is 7.90. The molecule has 0 N–H and O–H groups in total. The summed E-state index contributed by atoms with van der Waals surface area (Å²) in [5, 5.41) is 4.91. The summed E-state index contributed by atoms with van der Waals surface area (Å²) in [5.74, 6) is 0.563. The van der Waals surface area contributed by atoms with Gasteiger partial charge in [-0.15, -0.1) is 5.10 Å². The second kappa shape index (κ2) is 9.08. The molecule has 1 unspecified atom stereocenters. The number of aromatic nitrogens is 4. The smallest absolute Gasteiger partial charge is 0.175 e. The Balaban J connectivity index is 1.36. The molecule has 7 nitrogen and oxygen atoms in total. The van der Waals surface area contributed by atoms with Crippen LogP contribution in [0, 0.1) is 5.82 Å². The number of pyridine rings is 1. The first-order valence-electron chi connectivity index (χ1n) is 12.0. The molecule has 1 aliphatic rings. The molecule has 186 valence electrons. The largest absolute Gasteiger partial charge is 0.348 e. The SMILES string of the molecule is CS(=O)(=O)c1ccc(-c2cccc(-c3cnc4ccc(N5CCCC5c5cccc(F)c5)nn34)n2)cc1. The summed E-state index contributed by atoms with van der Waals surface area (Å²) < 4.78 is 39.3. The number of hydrogen-bond donors (Lipinski definition) is 0. The van der Waals surface area contributed by atoms with E-state index in [0.717, 1.165) is 47.7 Å². The van der Waals surface area contributed by atoms with Gasteiger partial charge in [0.2, 0.25) is 0 Å². The molecule has 0 radical (unpaired) electrons. The summed E-state index contributed by atoms with van der Waals surface area (Å²) in [5.41, 5.74) is 4.62. The molecule has 6 rings (SSSR count). The Morgan fingerprint density at radius 3 is 2.51 bits per heavy atom. The van der Waals surface area contributed by atoms with Gasteiger partial charge in [-0.1, -0.05) is 30.3 Å². The number of halogens is 1. The zero-order valence-electron chi connectivity index (χ0n) is 20.1. The van der Waals surface area contributed by atoms with E-state index in [4.69, 9.17) is 10.1 Å². The Hall–Kier alpha value is -4.11. The first-order valence-corrected chi connectivity index (χ1v) is 13.9. The maximum Gasteiger partial charge on any atom is 0.175 e. The van der Waals surface area contributed by atoms with Crippen LogP contribution >= 0.6 is 0 Å². The standard InChI is InChI=1S/C28H24FN5O2S/c1-37(35,36)22-12-10-19(11-13-22)23-7-3-8-24(31-23)26-18-30-27-14-15-28(32-34(26)27)33-16-4-9-25(33)20-5-2-6-21(29)17-20/h2-3,5-8,10-15,17-18,25H,4,9,16H2,1H3. The van der Waals surface area contributed by atoms with Crippen molar-refractivity contribution >= 4 is 21.3 Å². The minimum atomic E-state index is -3.27. The van der Waals surface area contributed by atoms with E-state index < -0.39 is 9.84 Å². The predicted molar refractivity (Wildman–Crippen MR) is 140 cm³/mol. The summed E-state index contributed by atoms with van der Waals surface area (Å²) in [4.78, 5) is 11.8. The van der Waals surface area contributed by atoms with Gasteiger partial charge in [-0.3, -0.25) is 0 Å². The molecular formula is C28H24FN5O2S. The number of hydrogen-bond acceptors (Lipinski definition) is 6. The summed E-state index contributed by atoms with van der Waals surface area (Å²) in [6.45, 7) is 0.834. The van der Waals surface area contributed by atoms with Crippen LogP contribution < -0.4 is 4.90 Å². The van der Waals surface area contributed by atoms with Gasteiger partial charge in [0.1, 0.15) is 17.3 Å². The Morgan fingerprint density at radius 1 is 0.946 bits per heavy atom. The van der Waals surface area contributed by atoms with Crippen LogP contribution in [0.1, 0.15) is 24.4 Å². The van der Waals surface area contributed by atoms with Gasteiger partial charge < -0.3 is 4.90 Å². The van der Waals surface area contributed by atoms with Gasteiger partial charge in [0.05, 0.1) is 28.5 Å². The van der Waals surface area contributed by atoms with Crippen LogP contribution in [0.2, 0.25) is 0 Å². The van der Waals surface area contributed by atoms with Crippen LogP contribution in [0.5, 0.6) is 0 Å². The van der Waals surface area contributed by atoms with E-state index in [-0.39, 0.29) is 16.8 Å². The average molecular weight is 514 g/mol. The molecule has 1 saturated heterocycles. The van der Waals surface area contributed by atoms with Crippen molar-refractivity contribution in [2.24, 2.45) is 0 Å². The second-order valence-corrected chi connectivity index (χ2v) is 11.2. The highest BCUT2D eigenvalue weighted by Crippen LogP contribution is 2.36. The van der Waals surface area contributed by atoms with E-state index in [0.29, 0.717) is 11.3 Å². The molecule has 4 heterocycles. The lowest BCUT2D eigenvalue weighted by Crippen LogP contribution is -2.24. The number of fused-ring (bicyclic) bond motifs is 1. The Morgan fingerprint density at radius 2 is 1.73 bits per heavy atom. The first kappa shape index (κ1) is 23.3. The van der Waals surface area contributed by atoms with Gasteiger partial charge in [0.25, 0.3) is 0 Å². The Bertz CT molecular complexity index is 1720. The van der Waals surface area contributed by atoms with Crippen LogP contribution in [0.4, 0.5) is 10.2 Å². The van der Waals surface area contributed by atoms with Crippen molar-refractivity contribution in [2.75, 3.05) is 17.7 Å². The third kappa shape index (κ3) is 4.46.